The maximum Gasteiger partial charge on any atom is 0.527 e. The summed E-state index contributed by atoms with van der Waals surface area (Å²) < 4.78 is 156. The van der Waals surface area contributed by atoms with E-state index in [-0.39, 0.29) is 39.8 Å². The standard InChI is InChI=1S/C33H17F11O/c1-2-3-16-4-7-22-17(10-16)6-9-23(31(22)39)18-5-8-21(24(34)11-18)19-12-25(35)29(26(36)13-19)20-14-27(37)30(28(38)15-20)32(40,41)45-33(42,43)44/h2-15H,1H3. The number of benzene rings is 5. The zero-order valence-electron chi connectivity index (χ0n) is 22.6. The van der Waals surface area contributed by atoms with Crippen molar-refractivity contribution in [3.8, 4) is 33.4 Å². The van der Waals surface area contributed by atoms with Crippen LogP contribution >= 0.6 is 0 Å². The fourth-order valence-electron chi connectivity index (χ4n) is 4.94. The SMILES string of the molecule is CC=Cc1ccc2c(F)c(-c3ccc(-c4cc(F)c(-c5cc(F)c(C(F)(F)OC(F)(F)F)c(F)c5)c(F)c4)c(F)c3)ccc2c1. The lowest BCUT2D eigenvalue weighted by Gasteiger charge is -2.20. The molecule has 0 bridgehead atoms. The summed E-state index contributed by atoms with van der Waals surface area (Å²) in [6, 6.07) is 12.8. The van der Waals surface area contributed by atoms with E-state index >= 15 is 17.6 Å². The molecule has 5 rings (SSSR count). The molecule has 0 aromatic heterocycles. The Morgan fingerprint density at radius 2 is 1.16 bits per heavy atom. The molecule has 0 aliphatic rings. The summed E-state index contributed by atoms with van der Waals surface area (Å²) in [6.45, 7) is 1.83. The molecule has 5 aromatic carbocycles. The van der Waals surface area contributed by atoms with Crippen molar-refractivity contribution in [2.45, 2.75) is 19.4 Å². The first-order valence-electron chi connectivity index (χ1n) is 12.9. The van der Waals surface area contributed by atoms with Gasteiger partial charge in [-0.15, -0.1) is 13.2 Å². The van der Waals surface area contributed by atoms with Crippen LogP contribution < -0.4 is 0 Å². The van der Waals surface area contributed by atoms with Crippen molar-refractivity contribution in [1.29, 1.82) is 0 Å². The highest BCUT2D eigenvalue weighted by molar-refractivity contribution is 5.90. The van der Waals surface area contributed by atoms with Gasteiger partial charge in [0.2, 0.25) is 0 Å². The maximum atomic E-state index is 15.4. The maximum absolute atomic E-state index is 15.4. The van der Waals surface area contributed by atoms with E-state index in [4.69, 9.17) is 0 Å². The lowest BCUT2D eigenvalue weighted by Crippen LogP contribution is -2.29. The summed E-state index contributed by atoms with van der Waals surface area (Å²) in [4.78, 5) is 0. The van der Waals surface area contributed by atoms with Crippen molar-refractivity contribution in [2.24, 2.45) is 0 Å². The molecule has 0 fully saturated rings. The normalized spacial score (nSPS) is 12.4. The number of allylic oxidation sites excluding steroid dienone is 1. The molecule has 45 heavy (non-hydrogen) atoms. The minimum absolute atomic E-state index is 0.00201. The molecule has 5 aromatic rings. The van der Waals surface area contributed by atoms with Gasteiger partial charge in [0.05, 0.1) is 5.56 Å². The minimum Gasteiger partial charge on any atom is -0.222 e. The lowest BCUT2D eigenvalue weighted by atomic mass is 9.95. The Morgan fingerprint density at radius 1 is 0.578 bits per heavy atom. The summed E-state index contributed by atoms with van der Waals surface area (Å²) in [6.07, 6.45) is -7.81. The Balaban J connectivity index is 1.49. The van der Waals surface area contributed by atoms with Gasteiger partial charge in [-0.2, -0.15) is 8.78 Å². The molecule has 0 saturated carbocycles. The monoisotopic (exact) mass is 638 g/mol. The average molecular weight is 638 g/mol. The average Bonchev–Trinajstić information content (AvgIpc) is 2.91. The predicted octanol–water partition coefficient (Wildman–Crippen LogP) is 11.3. The van der Waals surface area contributed by atoms with E-state index in [0.717, 1.165) is 17.7 Å². The molecule has 0 aliphatic carbocycles. The summed E-state index contributed by atoms with van der Waals surface area (Å²) in [5.74, 6) is -9.19. The second kappa shape index (κ2) is 11.7. The van der Waals surface area contributed by atoms with Gasteiger partial charge in [-0.1, -0.05) is 48.6 Å². The van der Waals surface area contributed by atoms with Gasteiger partial charge in [0.25, 0.3) is 0 Å². The second-order valence-electron chi connectivity index (χ2n) is 9.80. The molecule has 0 heterocycles. The van der Waals surface area contributed by atoms with Gasteiger partial charge in [-0.3, -0.25) is 0 Å². The topological polar surface area (TPSA) is 9.23 Å². The number of hydrogen-bond donors (Lipinski definition) is 0. The van der Waals surface area contributed by atoms with Crippen LogP contribution in [-0.2, 0) is 10.8 Å². The van der Waals surface area contributed by atoms with Gasteiger partial charge >= 0.3 is 12.5 Å². The van der Waals surface area contributed by atoms with E-state index in [9.17, 15) is 30.7 Å². The summed E-state index contributed by atoms with van der Waals surface area (Å²) in [5.41, 5.74) is -4.23. The molecule has 0 spiro atoms. The van der Waals surface area contributed by atoms with Crippen LogP contribution in [-0.4, -0.2) is 6.36 Å². The number of alkyl halides is 5. The van der Waals surface area contributed by atoms with E-state index in [1.165, 1.54) is 12.1 Å². The number of hydrogen-bond acceptors (Lipinski definition) is 1. The van der Waals surface area contributed by atoms with Gasteiger partial charge in [-0.25, -0.2) is 31.1 Å². The highest BCUT2D eigenvalue weighted by Crippen LogP contribution is 2.41. The molecule has 232 valence electrons. The van der Waals surface area contributed by atoms with E-state index in [1.807, 2.05) is 19.1 Å². The van der Waals surface area contributed by atoms with Gasteiger partial charge in [0.15, 0.2) is 0 Å². The van der Waals surface area contributed by atoms with Crippen LogP contribution in [0, 0.1) is 34.9 Å². The second-order valence-corrected chi connectivity index (χ2v) is 9.80. The molecule has 0 atom stereocenters. The van der Waals surface area contributed by atoms with Gasteiger partial charge < -0.3 is 0 Å². The van der Waals surface area contributed by atoms with Crippen molar-refractivity contribution in [3.63, 3.8) is 0 Å². The fourth-order valence-corrected chi connectivity index (χ4v) is 4.94. The van der Waals surface area contributed by atoms with Crippen LogP contribution in [0.3, 0.4) is 0 Å². The van der Waals surface area contributed by atoms with Crippen LogP contribution in [0.25, 0.3) is 50.2 Å². The van der Waals surface area contributed by atoms with Gasteiger partial charge in [0, 0.05) is 16.5 Å². The summed E-state index contributed by atoms with van der Waals surface area (Å²) in [7, 11) is 0. The third-order valence-electron chi connectivity index (χ3n) is 6.84. The highest BCUT2D eigenvalue weighted by Gasteiger charge is 2.49. The van der Waals surface area contributed by atoms with Crippen molar-refractivity contribution in [1.82, 2.24) is 0 Å². The predicted molar refractivity (Wildman–Crippen MR) is 146 cm³/mol. The first-order valence-corrected chi connectivity index (χ1v) is 12.9. The van der Waals surface area contributed by atoms with E-state index in [2.05, 4.69) is 4.74 Å². The molecule has 0 amide bonds. The van der Waals surface area contributed by atoms with Crippen molar-refractivity contribution >= 4 is 16.8 Å². The Morgan fingerprint density at radius 3 is 1.73 bits per heavy atom. The quantitative estimate of drug-likeness (QED) is 0.168. The molecule has 12 heteroatoms. The number of rotatable bonds is 6. The zero-order chi connectivity index (χ0) is 32.8. The summed E-state index contributed by atoms with van der Waals surface area (Å²) >= 11 is 0. The third-order valence-corrected chi connectivity index (χ3v) is 6.84. The molecular formula is C33H17F11O. The van der Waals surface area contributed by atoms with E-state index < -0.39 is 64.1 Å². The Hall–Kier alpha value is -4.71. The molecule has 0 N–H and O–H groups in total. The Labute approximate surface area is 247 Å². The van der Waals surface area contributed by atoms with Crippen molar-refractivity contribution in [2.75, 3.05) is 0 Å². The largest absolute Gasteiger partial charge is 0.527 e. The number of halogens is 11. The van der Waals surface area contributed by atoms with Crippen LogP contribution in [0.1, 0.15) is 18.1 Å². The van der Waals surface area contributed by atoms with Crippen molar-refractivity contribution < 1.29 is 53.0 Å². The van der Waals surface area contributed by atoms with E-state index in [1.54, 1.807) is 24.3 Å². The molecule has 1 nitrogen and oxygen atoms in total. The molecular weight excluding hydrogens is 621 g/mol. The minimum atomic E-state index is -5.97. The first kappa shape index (κ1) is 31.7. The van der Waals surface area contributed by atoms with Crippen LogP contribution in [0.15, 0.2) is 78.9 Å². The molecule has 0 radical (unpaired) electrons. The lowest BCUT2D eigenvalue weighted by molar-refractivity contribution is -0.432. The third kappa shape index (κ3) is 6.28. The van der Waals surface area contributed by atoms with E-state index in [0.29, 0.717) is 17.5 Å². The highest BCUT2D eigenvalue weighted by atomic mass is 19.4. The molecule has 0 aliphatic heterocycles. The first-order chi connectivity index (χ1) is 21.1. The van der Waals surface area contributed by atoms with Crippen LogP contribution in [0.4, 0.5) is 48.3 Å². The Kier molecular flexibility index (Phi) is 8.21. The fraction of sp³-hybridized carbons (Fsp3) is 0.0909. The smallest absolute Gasteiger partial charge is 0.222 e. The van der Waals surface area contributed by atoms with Crippen LogP contribution in [0.2, 0.25) is 0 Å². The van der Waals surface area contributed by atoms with Gasteiger partial charge in [0.1, 0.15) is 40.5 Å². The van der Waals surface area contributed by atoms with Crippen LogP contribution in [0.5, 0.6) is 0 Å². The number of ether oxygens (including phenoxy) is 1. The van der Waals surface area contributed by atoms with Crippen molar-refractivity contribution in [3.05, 3.63) is 125 Å². The molecule has 0 saturated heterocycles. The Bertz CT molecular complexity index is 1930. The molecule has 0 unspecified atom stereocenters. The summed E-state index contributed by atoms with van der Waals surface area (Å²) in [5, 5.41) is 0.884. The zero-order valence-corrected chi connectivity index (χ0v) is 22.6. The number of fused-ring (bicyclic) bond motifs is 1. The van der Waals surface area contributed by atoms with Gasteiger partial charge in [-0.05, 0) is 71.0 Å².